The molecular weight excluding hydrogens is 252 g/mol. The lowest BCUT2D eigenvalue weighted by Crippen LogP contribution is -2.58. The van der Waals surface area contributed by atoms with Crippen LogP contribution in [-0.4, -0.2) is 54.0 Å². The van der Waals surface area contributed by atoms with Gasteiger partial charge in [-0.1, -0.05) is 6.92 Å². The summed E-state index contributed by atoms with van der Waals surface area (Å²) in [5, 5.41) is 11.4. The molecule has 116 valence electrons. The van der Waals surface area contributed by atoms with Crippen molar-refractivity contribution in [3.63, 3.8) is 0 Å². The van der Waals surface area contributed by atoms with Gasteiger partial charge in [0.25, 0.3) is 0 Å². The predicted octanol–water partition coefficient (Wildman–Crippen LogP) is 1.51. The van der Waals surface area contributed by atoms with E-state index in [-0.39, 0.29) is 11.5 Å². The summed E-state index contributed by atoms with van der Waals surface area (Å²) in [6, 6.07) is 0. The summed E-state index contributed by atoms with van der Waals surface area (Å²) in [7, 11) is 0. The molecule has 0 aromatic heterocycles. The Hall–Kier alpha value is -0.160. The van der Waals surface area contributed by atoms with Crippen LogP contribution in [0.5, 0.6) is 0 Å². The molecule has 0 radical (unpaired) electrons. The van der Waals surface area contributed by atoms with E-state index < -0.39 is 5.60 Å². The Morgan fingerprint density at radius 1 is 1.30 bits per heavy atom. The van der Waals surface area contributed by atoms with Crippen LogP contribution in [0.4, 0.5) is 0 Å². The van der Waals surface area contributed by atoms with Gasteiger partial charge in [-0.25, -0.2) is 0 Å². The second kappa shape index (κ2) is 5.56. The molecule has 20 heavy (non-hydrogen) atoms. The lowest BCUT2D eigenvalue weighted by atomic mass is 9.60. The Bertz CT molecular complexity index is 351. The zero-order valence-corrected chi connectivity index (χ0v) is 12.8. The number of nitrogens with zero attached hydrogens (tertiary/aromatic N) is 1. The molecule has 0 aliphatic carbocycles. The number of fused-ring (bicyclic) bond motifs is 2. The van der Waals surface area contributed by atoms with E-state index in [0.717, 1.165) is 58.2 Å². The number of aliphatic hydroxyl groups is 1. The lowest BCUT2D eigenvalue weighted by Gasteiger charge is -2.48. The van der Waals surface area contributed by atoms with Crippen molar-refractivity contribution in [1.29, 1.82) is 0 Å². The van der Waals surface area contributed by atoms with E-state index in [2.05, 4.69) is 11.8 Å². The molecule has 4 heteroatoms. The van der Waals surface area contributed by atoms with E-state index in [1.165, 1.54) is 6.42 Å². The smallest absolute Gasteiger partial charge is 0.0754 e. The third kappa shape index (κ3) is 2.21. The third-order valence-electron chi connectivity index (χ3n) is 6.05. The minimum absolute atomic E-state index is 0.182. The van der Waals surface area contributed by atoms with Crippen LogP contribution in [0.15, 0.2) is 0 Å². The van der Waals surface area contributed by atoms with Crippen molar-refractivity contribution in [3.8, 4) is 0 Å². The summed E-state index contributed by atoms with van der Waals surface area (Å²) < 4.78 is 6.06. The first-order valence-corrected chi connectivity index (χ1v) is 8.44. The van der Waals surface area contributed by atoms with Gasteiger partial charge in [-0.05, 0) is 58.0 Å². The van der Waals surface area contributed by atoms with Crippen LogP contribution in [0.1, 0.15) is 51.9 Å². The fourth-order valence-corrected chi connectivity index (χ4v) is 4.91. The van der Waals surface area contributed by atoms with Gasteiger partial charge in [0.2, 0.25) is 0 Å². The van der Waals surface area contributed by atoms with Crippen molar-refractivity contribution < 1.29 is 9.84 Å². The Balaban J connectivity index is 1.77. The zero-order valence-electron chi connectivity index (χ0n) is 12.8. The second-order valence-corrected chi connectivity index (χ2v) is 7.12. The van der Waals surface area contributed by atoms with Crippen LogP contribution in [0, 0.1) is 5.41 Å². The van der Waals surface area contributed by atoms with E-state index in [0.29, 0.717) is 12.6 Å². The van der Waals surface area contributed by atoms with Crippen LogP contribution in [0.3, 0.4) is 0 Å². The molecule has 4 unspecified atom stereocenters. The van der Waals surface area contributed by atoms with Gasteiger partial charge in [0.05, 0.1) is 17.8 Å². The van der Waals surface area contributed by atoms with Crippen LogP contribution < -0.4 is 5.73 Å². The van der Waals surface area contributed by atoms with Gasteiger partial charge in [0.1, 0.15) is 0 Å². The van der Waals surface area contributed by atoms with Gasteiger partial charge in [0.15, 0.2) is 0 Å². The molecule has 0 spiro atoms. The maximum Gasteiger partial charge on any atom is 0.0754 e. The van der Waals surface area contributed by atoms with Crippen molar-refractivity contribution in [2.45, 2.75) is 69.7 Å². The molecule has 4 atom stereocenters. The van der Waals surface area contributed by atoms with Crippen LogP contribution in [0.25, 0.3) is 0 Å². The Morgan fingerprint density at radius 3 is 2.75 bits per heavy atom. The van der Waals surface area contributed by atoms with Crippen molar-refractivity contribution in [1.82, 2.24) is 4.90 Å². The van der Waals surface area contributed by atoms with E-state index in [1.807, 2.05) is 0 Å². The van der Waals surface area contributed by atoms with Crippen molar-refractivity contribution >= 4 is 0 Å². The summed E-state index contributed by atoms with van der Waals surface area (Å²) in [6.07, 6.45) is 7.77. The van der Waals surface area contributed by atoms with Gasteiger partial charge in [-0.15, -0.1) is 0 Å². The molecule has 3 aliphatic heterocycles. The van der Waals surface area contributed by atoms with Gasteiger partial charge >= 0.3 is 0 Å². The maximum atomic E-state index is 11.4. The standard InChI is InChI=1S/C16H30N2O2/c1-2-8-18-9-3-6-16(19,7-10-18)15(12-17)11-13-4-5-14(15)20-13/h13-14,19H,2-12,17H2,1H3. The highest BCUT2D eigenvalue weighted by Crippen LogP contribution is 2.55. The minimum Gasteiger partial charge on any atom is -0.389 e. The summed E-state index contributed by atoms with van der Waals surface area (Å²) in [6.45, 7) is 6.06. The molecule has 3 fully saturated rings. The minimum atomic E-state index is -0.621. The third-order valence-corrected chi connectivity index (χ3v) is 6.05. The van der Waals surface area contributed by atoms with Crippen molar-refractivity contribution in [2.24, 2.45) is 11.1 Å². The van der Waals surface area contributed by atoms with Gasteiger partial charge < -0.3 is 20.5 Å². The molecule has 0 saturated carbocycles. The first-order valence-electron chi connectivity index (χ1n) is 8.44. The summed E-state index contributed by atoms with van der Waals surface area (Å²) >= 11 is 0. The molecule has 3 saturated heterocycles. The molecule has 4 nitrogen and oxygen atoms in total. The first kappa shape index (κ1) is 14.8. The van der Waals surface area contributed by atoms with Crippen molar-refractivity contribution in [2.75, 3.05) is 26.2 Å². The summed E-state index contributed by atoms with van der Waals surface area (Å²) in [5.41, 5.74) is 5.36. The molecule has 3 aliphatic rings. The topological polar surface area (TPSA) is 58.7 Å². The molecule has 3 rings (SSSR count). The highest BCUT2D eigenvalue weighted by atomic mass is 16.5. The average Bonchev–Trinajstić information content (AvgIpc) is 3.00. The van der Waals surface area contributed by atoms with E-state index in [9.17, 15) is 5.11 Å². The number of rotatable bonds is 4. The zero-order chi connectivity index (χ0) is 14.2. The number of nitrogens with two attached hydrogens (primary N) is 1. The number of hydrogen-bond acceptors (Lipinski definition) is 4. The largest absolute Gasteiger partial charge is 0.389 e. The first-order chi connectivity index (χ1) is 9.63. The normalized spacial score (nSPS) is 45.8. The Kier molecular flexibility index (Phi) is 4.10. The molecule has 0 amide bonds. The summed E-state index contributed by atoms with van der Waals surface area (Å²) in [5.74, 6) is 0. The number of likely N-dealkylation sites (tertiary alicyclic amines) is 1. The average molecular weight is 282 g/mol. The quantitative estimate of drug-likeness (QED) is 0.820. The van der Waals surface area contributed by atoms with Gasteiger partial charge in [-0.2, -0.15) is 0 Å². The van der Waals surface area contributed by atoms with Crippen LogP contribution in [-0.2, 0) is 4.74 Å². The molecule has 0 aromatic rings. The fourth-order valence-electron chi connectivity index (χ4n) is 4.91. The van der Waals surface area contributed by atoms with Crippen molar-refractivity contribution in [3.05, 3.63) is 0 Å². The Labute approximate surface area is 122 Å². The molecule has 2 bridgehead atoms. The summed E-state index contributed by atoms with van der Waals surface area (Å²) in [4.78, 5) is 2.50. The second-order valence-electron chi connectivity index (χ2n) is 7.12. The SMILES string of the molecule is CCCN1CCCC(O)(C2(CN)CC3CCC2O3)CC1. The molecule has 3 heterocycles. The highest BCUT2D eigenvalue weighted by molar-refractivity contribution is 5.12. The molecule has 3 N–H and O–H groups in total. The van der Waals surface area contributed by atoms with E-state index >= 15 is 0 Å². The lowest BCUT2D eigenvalue weighted by molar-refractivity contribution is -0.119. The number of hydrogen-bond donors (Lipinski definition) is 2. The predicted molar refractivity (Wildman–Crippen MR) is 79.5 cm³/mol. The molecule has 0 aromatic carbocycles. The van der Waals surface area contributed by atoms with E-state index in [4.69, 9.17) is 10.5 Å². The monoisotopic (exact) mass is 282 g/mol. The van der Waals surface area contributed by atoms with Gasteiger partial charge in [-0.3, -0.25) is 0 Å². The van der Waals surface area contributed by atoms with Crippen LogP contribution in [0.2, 0.25) is 0 Å². The molecular formula is C16H30N2O2. The van der Waals surface area contributed by atoms with Gasteiger partial charge in [0, 0.05) is 18.5 Å². The highest BCUT2D eigenvalue weighted by Gasteiger charge is 2.61. The van der Waals surface area contributed by atoms with Crippen LogP contribution >= 0.6 is 0 Å². The maximum absolute atomic E-state index is 11.4. The number of ether oxygens (including phenoxy) is 1. The fraction of sp³-hybridized carbons (Fsp3) is 1.00. The Morgan fingerprint density at radius 2 is 2.15 bits per heavy atom. The van der Waals surface area contributed by atoms with E-state index in [1.54, 1.807) is 0 Å².